The number of carbonyl (C=O) groups is 3. The van der Waals surface area contributed by atoms with Gasteiger partial charge >= 0.3 is 11.9 Å². The second kappa shape index (κ2) is 5.66. The van der Waals surface area contributed by atoms with E-state index >= 15 is 0 Å². The quantitative estimate of drug-likeness (QED) is 0.602. The van der Waals surface area contributed by atoms with Gasteiger partial charge in [0.05, 0.1) is 17.4 Å². The average molecular weight is 346 g/mol. The van der Waals surface area contributed by atoms with Crippen molar-refractivity contribution >= 4 is 17.7 Å². The summed E-state index contributed by atoms with van der Waals surface area (Å²) >= 11 is 0. The Morgan fingerprint density at radius 1 is 1.40 bits per heavy atom. The topological polar surface area (TPSA) is 89.9 Å². The van der Waals surface area contributed by atoms with Gasteiger partial charge in [0.15, 0.2) is 5.78 Å². The van der Waals surface area contributed by atoms with Gasteiger partial charge in [0.1, 0.15) is 12.2 Å². The number of ketones is 1. The number of hydrogen-bond donors (Lipinski definition) is 1. The molecule has 0 aromatic rings. The van der Waals surface area contributed by atoms with Gasteiger partial charge in [-0.15, -0.1) is 0 Å². The zero-order valence-corrected chi connectivity index (χ0v) is 14.6. The minimum atomic E-state index is -1.41. The summed E-state index contributed by atoms with van der Waals surface area (Å²) in [6.07, 6.45) is -0.00804. The summed E-state index contributed by atoms with van der Waals surface area (Å²) in [5.74, 6) is -3.18. The van der Waals surface area contributed by atoms with Crippen LogP contribution in [0.15, 0.2) is 36.0 Å². The van der Waals surface area contributed by atoms with Crippen LogP contribution in [-0.4, -0.2) is 40.6 Å². The minimum Gasteiger partial charge on any atom is -0.458 e. The largest absolute Gasteiger partial charge is 0.458 e. The Kier molecular flexibility index (Phi) is 3.99. The van der Waals surface area contributed by atoms with Crippen molar-refractivity contribution in [2.24, 2.45) is 17.8 Å². The van der Waals surface area contributed by atoms with E-state index < -0.39 is 47.5 Å². The summed E-state index contributed by atoms with van der Waals surface area (Å²) in [6.45, 7) is 12.2. The Labute approximate surface area is 146 Å². The summed E-state index contributed by atoms with van der Waals surface area (Å²) < 4.78 is 11.0. The van der Waals surface area contributed by atoms with Crippen molar-refractivity contribution in [3.05, 3.63) is 36.0 Å². The van der Waals surface area contributed by atoms with Crippen molar-refractivity contribution < 1.29 is 29.0 Å². The fourth-order valence-electron chi connectivity index (χ4n) is 4.35. The first-order chi connectivity index (χ1) is 11.5. The molecule has 6 nitrogen and oxygen atoms in total. The molecule has 1 N–H and O–H groups in total. The molecular formula is C19H22O6. The molecule has 134 valence electrons. The number of hydrogen-bond acceptors (Lipinski definition) is 6. The summed E-state index contributed by atoms with van der Waals surface area (Å²) in [4.78, 5) is 36.6. The molecule has 0 radical (unpaired) electrons. The molecule has 2 aliphatic carbocycles. The van der Waals surface area contributed by atoms with Crippen molar-refractivity contribution in [2.75, 3.05) is 0 Å². The maximum Gasteiger partial charge on any atom is 0.334 e. The zero-order valence-electron chi connectivity index (χ0n) is 14.6. The van der Waals surface area contributed by atoms with Crippen molar-refractivity contribution in [3.63, 3.8) is 0 Å². The molecule has 0 spiro atoms. The van der Waals surface area contributed by atoms with Crippen molar-refractivity contribution in [3.8, 4) is 0 Å². The van der Waals surface area contributed by atoms with Crippen molar-refractivity contribution in [1.82, 2.24) is 0 Å². The Morgan fingerprint density at radius 3 is 2.64 bits per heavy atom. The molecule has 6 heteroatoms. The molecule has 1 saturated heterocycles. The fourth-order valence-corrected chi connectivity index (χ4v) is 4.35. The number of carbonyl (C=O) groups excluding carboxylic acids is 3. The van der Waals surface area contributed by atoms with Crippen LogP contribution in [0.4, 0.5) is 0 Å². The Balaban J connectivity index is 2.07. The standard InChI is InChI=1S/C19H22O6/c1-8(2)17(21)24-12-7-19(5,23)15-11(20)6-9(3)13(15)16-14(12)10(4)18(22)25-16/h6,12-16,23H,1,4,7H2,2-3,5H3/t12-,13+,14-,15-,16-,19-/m1/s1. The predicted octanol–water partition coefficient (Wildman–Crippen LogP) is 1.49. The Bertz CT molecular complexity index is 728. The van der Waals surface area contributed by atoms with E-state index in [1.165, 1.54) is 13.0 Å². The smallest absolute Gasteiger partial charge is 0.334 e. The highest BCUT2D eigenvalue weighted by molar-refractivity contribution is 5.97. The van der Waals surface area contributed by atoms with Crippen molar-refractivity contribution in [1.29, 1.82) is 0 Å². The van der Waals surface area contributed by atoms with Gasteiger partial charge in [-0.2, -0.15) is 0 Å². The first-order valence-electron chi connectivity index (χ1n) is 8.25. The molecule has 0 aromatic heterocycles. The second-order valence-corrected chi connectivity index (χ2v) is 7.50. The van der Waals surface area contributed by atoms with E-state index in [2.05, 4.69) is 13.2 Å². The lowest BCUT2D eigenvalue weighted by molar-refractivity contribution is -0.150. The summed E-state index contributed by atoms with van der Waals surface area (Å²) in [5.41, 5.74) is -0.246. The lowest BCUT2D eigenvalue weighted by atomic mass is 9.76. The summed E-state index contributed by atoms with van der Waals surface area (Å²) in [5, 5.41) is 11.0. The molecule has 6 atom stereocenters. The molecule has 3 rings (SSSR count). The van der Waals surface area contributed by atoms with Gasteiger partial charge in [-0.05, 0) is 26.8 Å². The molecule has 1 saturated carbocycles. The van der Waals surface area contributed by atoms with Crippen molar-refractivity contribution in [2.45, 2.75) is 45.0 Å². The van der Waals surface area contributed by atoms with Crippen LogP contribution in [0.3, 0.4) is 0 Å². The van der Waals surface area contributed by atoms with Gasteiger partial charge in [0.2, 0.25) is 0 Å². The molecule has 2 fully saturated rings. The number of allylic oxidation sites excluding steroid dienone is 1. The Hall–Kier alpha value is -2.21. The minimum absolute atomic E-state index is 0.0108. The first kappa shape index (κ1) is 17.6. The van der Waals surface area contributed by atoms with Gasteiger partial charge in [-0.25, -0.2) is 9.59 Å². The Morgan fingerprint density at radius 2 is 2.04 bits per heavy atom. The fraction of sp³-hybridized carbons (Fsp3) is 0.526. The SMILES string of the molecule is C=C(C)C(=O)O[C@@H]1C[C@@](C)(O)[C@@H]2C(=O)C=C(C)[C@@H]2[C@H]2OC(=O)C(=C)[C@@H]21. The van der Waals surface area contributed by atoms with E-state index in [0.29, 0.717) is 0 Å². The van der Waals surface area contributed by atoms with Crippen LogP contribution in [-0.2, 0) is 23.9 Å². The number of rotatable bonds is 2. The zero-order chi connectivity index (χ0) is 18.7. The molecule has 0 unspecified atom stereocenters. The summed E-state index contributed by atoms with van der Waals surface area (Å²) in [7, 11) is 0. The number of esters is 2. The first-order valence-corrected chi connectivity index (χ1v) is 8.25. The van der Waals surface area contributed by atoms with Gasteiger partial charge in [-0.3, -0.25) is 4.79 Å². The molecule has 0 bridgehead atoms. The maximum atomic E-state index is 12.5. The summed E-state index contributed by atoms with van der Waals surface area (Å²) in [6, 6.07) is 0. The van der Waals surface area contributed by atoms with E-state index in [1.807, 2.05) is 0 Å². The molecule has 25 heavy (non-hydrogen) atoms. The number of fused-ring (bicyclic) bond motifs is 3. The van der Waals surface area contributed by atoms with Crippen LogP contribution in [0.2, 0.25) is 0 Å². The van der Waals surface area contributed by atoms with Gasteiger partial charge in [-0.1, -0.05) is 18.7 Å². The lowest BCUT2D eigenvalue weighted by Gasteiger charge is -2.33. The third kappa shape index (κ3) is 2.65. The molecule has 3 aliphatic rings. The average Bonchev–Trinajstić information content (AvgIpc) is 2.91. The molecule has 1 aliphatic heterocycles. The third-order valence-corrected chi connectivity index (χ3v) is 5.47. The monoisotopic (exact) mass is 346 g/mol. The van der Waals surface area contributed by atoms with E-state index in [1.54, 1.807) is 13.8 Å². The third-order valence-electron chi connectivity index (χ3n) is 5.47. The molecule has 0 aromatic carbocycles. The highest BCUT2D eigenvalue weighted by Gasteiger charge is 2.61. The number of aliphatic hydroxyl groups is 1. The highest BCUT2D eigenvalue weighted by Crippen LogP contribution is 2.51. The van der Waals surface area contributed by atoms with E-state index in [0.717, 1.165) is 5.57 Å². The second-order valence-electron chi connectivity index (χ2n) is 7.50. The van der Waals surface area contributed by atoms with E-state index in [4.69, 9.17) is 9.47 Å². The van der Waals surface area contributed by atoms with E-state index in [-0.39, 0.29) is 23.4 Å². The molecule has 0 amide bonds. The van der Waals surface area contributed by atoms with Crippen LogP contribution in [0.5, 0.6) is 0 Å². The predicted molar refractivity (Wildman–Crippen MR) is 88.2 cm³/mol. The maximum absolute atomic E-state index is 12.5. The van der Waals surface area contributed by atoms with Crippen LogP contribution in [0.1, 0.15) is 27.2 Å². The molecule has 1 heterocycles. The normalized spacial score (nSPS) is 39.9. The van der Waals surface area contributed by atoms with Crippen LogP contribution < -0.4 is 0 Å². The molecular weight excluding hydrogens is 324 g/mol. The van der Waals surface area contributed by atoms with Crippen LogP contribution in [0.25, 0.3) is 0 Å². The van der Waals surface area contributed by atoms with Gasteiger partial charge < -0.3 is 14.6 Å². The van der Waals surface area contributed by atoms with Gasteiger partial charge in [0, 0.05) is 23.5 Å². The number of ether oxygens (including phenoxy) is 2. The van der Waals surface area contributed by atoms with Gasteiger partial charge in [0.25, 0.3) is 0 Å². The van der Waals surface area contributed by atoms with E-state index in [9.17, 15) is 19.5 Å². The highest BCUT2D eigenvalue weighted by atomic mass is 16.6. The lowest BCUT2D eigenvalue weighted by Crippen LogP contribution is -2.44. The van der Waals surface area contributed by atoms with Crippen LogP contribution >= 0.6 is 0 Å². The van der Waals surface area contributed by atoms with Crippen LogP contribution in [0, 0.1) is 17.8 Å².